The fourth-order valence-corrected chi connectivity index (χ4v) is 4.57. The van der Waals surface area contributed by atoms with Gasteiger partial charge in [0, 0.05) is 11.9 Å². The SMILES string of the molecule is CC1COC(=O)N1c1nc2c(s1)-c1nc(Nc3ccc(F)cc3)ncc1CC2. The van der Waals surface area contributed by atoms with Crippen LogP contribution in [0.2, 0.25) is 0 Å². The van der Waals surface area contributed by atoms with Crippen LogP contribution in [0, 0.1) is 5.82 Å². The number of anilines is 3. The Bertz CT molecular complexity index is 1070. The van der Waals surface area contributed by atoms with Crippen LogP contribution in [-0.4, -0.2) is 33.7 Å². The van der Waals surface area contributed by atoms with E-state index in [1.54, 1.807) is 17.0 Å². The van der Waals surface area contributed by atoms with Crippen molar-refractivity contribution in [1.29, 1.82) is 0 Å². The summed E-state index contributed by atoms with van der Waals surface area (Å²) in [7, 11) is 0. The molecule has 0 saturated carbocycles. The molecule has 9 heteroatoms. The van der Waals surface area contributed by atoms with Crippen LogP contribution >= 0.6 is 11.3 Å². The molecule has 0 radical (unpaired) electrons. The highest BCUT2D eigenvalue weighted by Gasteiger charge is 2.35. The third kappa shape index (κ3) is 2.88. The number of cyclic esters (lactones) is 1. The number of thiazole rings is 1. The monoisotopic (exact) mass is 397 g/mol. The maximum Gasteiger partial charge on any atom is 0.416 e. The Labute approximate surface area is 164 Å². The van der Waals surface area contributed by atoms with Crippen molar-refractivity contribution in [2.45, 2.75) is 25.8 Å². The number of fused-ring (bicyclic) bond motifs is 3. The number of amides is 1. The number of hydrogen-bond donors (Lipinski definition) is 1. The van der Waals surface area contributed by atoms with E-state index in [1.165, 1.54) is 23.5 Å². The van der Waals surface area contributed by atoms with Crippen LogP contribution in [0.1, 0.15) is 18.2 Å². The summed E-state index contributed by atoms with van der Waals surface area (Å²) in [5.41, 5.74) is 3.51. The van der Waals surface area contributed by atoms with Crippen LogP contribution in [0.3, 0.4) is 0 Å². The largest absolute Gasteiger partial charge is 0.447 e. The molecule has 0 spiro atoms. The van der Waals surface area contributed by atoms with Gasteiger partial charge < -0.3 is 10.1 Å². The Morgan fingerprint density at radius 2 is 2.07 bits per heavy atom. The Balaban J connectivity index is 1.49. The number of ether oxygens (including phenoxy) is 1. The van der Waals surface area contributed by atoms with E-state index < -0.39 is 0 Å². The molecule has 28 heavy (non-hydrogen) atoms. The van der Waals surface area contributed by atoms with Crippen molar-refractivity contribution in [3.63, 3.8) is 0 Å². The van der Waals surface area contributed by atoms with E-state index in [0.717, 1.165) is 34.7 Å². The molecule has 3 heterocycles. The molecule has 1 amide bonds. The van der Waals surface area contributed by atoms with Crippen molar-refractivity contribution >= 4 is 34.2 Å². The summed E-state index contributed by atoms with van der Waals surface area (Å²) in [5, 5.41) is 3.74. The zero-order valence-electron chi connectivity index (χ0n) is 15.0. The number of carbonyl (C=O) groups is 1. The molecule has 1 aliphatic carbocycles. The molecular weight excluding hydrogens is 381 g/mol. The predicted molar refractivity (Wildman–Crippen MR) is 104 cm³/mol. The molecule has 142 valence electrons. The van der Waals surface area contributed by atoms with Crippen molar-refractivity contribution < 1.29 is 13.9 Å². The standard InChI is InChI=1S/C19H16FN5O2S/c1-10-9-27-19(26)25(10)18-23-14-7-2-11-8-21-17(24-15(11)16(14)28-18)22-13-5-3-12(20)4-6-13/h3-6,8,10H,2,7,9H2,1H3,(H,21,22,24). The molecule has 1 N–H and O–H groups in total. The predicted octanol–water partition coefficient (Wildman–Crippen LogP) is 3.93. The molecule has 3 aromatic rings. The van der Waals surface area contributed by atoms with Gasteiger partial charge in [0.2, 0.25) is 5.95 Å². The van der Waals surface area contributed by atoms with Gasteiger partial charge in [-0.25, -0.2) is 29.0 Å². The molecule has 5 rings (SSSR count). The first-order chi connectivity index (χ1) is 13.6. The number of benzene rings is 1. The van der Waals surface area contributed by atoms with E-state index in [1.807, 2.05) is 13.1 Å². The Morgan fingerprint density at radius 3 is 2.82 bits per heavy atom. The number of hydrogen-bond acceptors (Lipinski definition) is 7. The van der Waals surface area contributed by atoms with Gasteiger partial charge in [0.1, 0.15) is 12.4 Å². The highest BCUT2D eigenvalue weighted by molar-refractivity contribution is 7.19. The molecule has 1 aliphatic heterocycles. The van der Waals surface area contributed by atoms with Gasteiger partial charge in [-0.15, -0.1) is 0 Å². The maximum absolute atomic E-state index is 13.1. The fraction of sp³-hybridized carbons (Fsp3) is 0.263. The van der Waals surface area contributed by atoms with Gasteiger partial charge in [0.25, 0.3) is 0 Å². The molecule has 7 nitrogen and oxygen atoms in total. The Kier molecular flexibility index (Phi) is 3.97. The van der Waals surface area contributed by atoms with Crippen molar-refractivity contribution in [2.75, 3.05) is 16.8 Å². The van der Waals surface area contributed by atoms with Crippen molar-refractivity contribution in [3.05, 3.63) is 47.5 Å². The molecule has 2 aromatic heterocycles. The van der Waals surface area contributed by atoms with Crippen LogP contribution in [0.5, 0.6) is 0 Å². The highest BCUT2D eigenvalue weighted by Crippen LogP contribution is 2.41. The van der Waals surface area contributed by atoms with Crippen molar-refractivity contribution in [1.82, 2.24) is 15.0 Å². The molecule has 2 aliphatic rings. The summed E-state index contributed by atoms with van der Waals surface area (Å²) in [6.45, 7) is 2.31. The molecule has 1 saturated heterocycles. The van der Waals surface area contributed by atoms with E-state index in [4.69, 9.17) is 4.74 Å². The van der Waals surface area contributed by atoms with Gasteiger partial charge in [-0.2, -0.15) is 0 Å². The average Bonchev–Trinajstić information content (AvgIpc) is 3.26. The van der Waals surface area contributed by atoms with Crippen LogP contribution in [0.15, 0.2) is 30.5 Å². The molecule has 1 fully saturated rings. The fourth-order valence-electron chi connectivity index (χ4n) is 3.34. The lowest BCUT2D eigenvalue weighted by molar-refractivity contribution is 0.179. The lowest BCUT2D eigenvalue weighted by Crippen LogP contribution is -2.30. The van der Waals surface area contributed by atoms with Gasteiger partial charge in [-0.1, -0.05) is 11.3 Å². The normalized spacial score (nSPS) is 17.9. The van der Waals surface area contributed by atoms with E-state index in [2.05, 4.69) is 20.3 Å². The summed E-state index contributed by atoms with van der Waals surface area (Å²) >= 11 is 1.45. The van der Waals surface area contributed by atoms with Crippen LogP contribution in [0.4, 0.5) is 26.0 Å². The summed E-state index contributed by atoms with van der Waals surface area (Å²) in [4.78, 5) is 28.3. The van der Waals surface area contributed by atoms with Gasteiger partial charge >= 0.3 is 6.09 Å². The van der Waals surface area contributed by atoms with Crippen LogP contribution in [-0.2, 0) is 17.6 Å². The zero-order chi connectivity index (χ0) is 19.3. The number of rotatable bonds is 3. The van der Waals surface area contributed by atoms with Crippen molar-refractivity contribution in [2.24, 2.45) is 0 Å². The van der Waals surface area contributed by atoms with Crippen LogP contribution < -0.4 is 10.2 Å². The molecular formula is C19H16FN5O2S. The summed E-state index contributed by atoms with van der Waals surface area (Å²) in [5.74, 6) is 0.135. The minimum Gasteiger partial charge on any atom is -0.447 e. The summed E-state index contributed by atoms with van der Waals surface area (Å²) < 4.78 is 18.2. The number of carbonyl (C=O) groups excluding carboxylic acids is 1. The number of nitrogens with one attached hydrogen (secondary N) is 1. The van der Waals surface area contributed by atoms with E-state index in [0.29, 0.717) is 23.4 Å². The van der Waals surface area contributed by atoms with Crippen LogP contribution in [0.25, 0.3) is 10.6 Å². The molecule has 1 aromatic carbocycles. The summed E-state index contributed by atoms with van der Waals surface area (Å²) in [6, 6.07) is 5.99. The number of aromatic nitrogens is 3. The average molecular weight is 397 g/mol. The molecule has 1 unspecified atom stereocenters. The lowest BCUT2D eigenvalue weighted by atomic mass is 10.00. The zero-order valence-corrected chi connectivity index (χ0v) is 15.8. The lowest BCUT2D eigenvalue weighted by Gasteiger charge is -2.14. The summed E-state index contributed by atoms with van der Waals surface area (Å²) in [6.07, 6.45) is 3.02. The first-order valence-electron chi connectivity index (χ1n) is 8.93. The van der Waals surface area contributed by atoms with E-state index >= 15 is 0 Å². The van der Waals surface area contributed by atoms with Crippen molar-refractivity contribution in [3.8, 4) is 10.6 Å². The second-order valence-corrected chi connectivity index (χ2v) is 7.75. The van der Waals surface area contributed by atoms with Gasteiger partial charge in [0.15, 0.2) is 5.13 Å². The minimum atomic E-state index is -0.361. The first-order valence-corrected chi connectivity index (χ1v) is 9.75. The number of nitrogens with zero attached hydrogens (tertiary/aromatic N) is 4. The quantitative estimate of drug-likeness (QED) is 0.721. The molecule has 1 atom stereocenters. The smallest absolute Gasteiger partial charge is 0.416 e. The second kappa shape index (κ2) is 6.52. The van der Waals surface area contributed by atoms with Gasteiger partial charge in [-0.3, -0.25) is 0 Å². The number of halogens is 1. The topological polar surface area (TPSA) is 80.2 Å². The van der Waals surface area contributed by atoms with E-state index in [-0.39, 0.29) is 18.0 Å². The molecule has 0 bridgehead atoms. The Hall–Kier alpha value is -3.07. The van der Waals surface area contributed by atoms with E-state index in [9.17, 15) is 9.18 Å². The van der Waals surface area contributed by atoms with Gasteiger partial charge in [-0.05, 0) is 49.6 Å². The third-order valence-electron chi connectivity index (χ3n) is 4.79. The number of aryl methyl sites for hydroxylation is 2. The second-order valence-electron chi connectivity index (χ2n) is 6.77. The minimum absolute atomic E-state index is 0.0410. The third-order valence-corrected chi connectivity index (χ3v) is 5.89. The highest BCUT2D eigenvalue weighted by atomic mass is 32.1. The Morgan fingerprint density at radius 1 is 1.25 bits per heavy atom. The maximum atomic E-state index is 13.1. The van der Waals surface area contributed by atoms with Gasteiger partial charge in [0.05, 0.1) is 22.3 Å². The first kappa shape index (κ1) is 17.1.